The van der Waals surface area contributed by atoms with Gasteiger partial charge in [0.1, 0.15) is 11.7 Å². The summed E-state index contributed by atoms with van der Waals surface area (Å²) in [5.41, 5.74) is 1.98. The first kappa shape index (κ1) is 19.8. The van der Waals surface area contributed by atoms with Gasteiger partial charge in [-0.25, -0.2) is 4.79 Å². The zero-order chi connectivity index (χ0) is 20.7. The second-order valence-corrected chi connectivity index (χ2v) is 7.36. The summed E-state index contributed by atoms with van der Waals surface area (Å²) in [5, 5.41) is 30.2. The SMILES string of the molecule is Cc1c(C(=O)O)c2c(C(C(=O)O)c3ccc(Cl)c(O)c3)cccc2n1C(C)C. The molecule has 0 aliphatic rings. The van der Waals surface area contributed by atoms with Crippen LogP contribution in [0.25, 0.3) is 10.9 Å². The minimum Gasteiger partial charge on any atom is -0.506 e. The molecule has 1 heterocycles. The Balaban J connectivity index is 2.40. The maximum atomic E-state index is 12.2. The van der Waals surface area contributed by atoms with E-state index >= 15 is 0 Å². The second kappa shape index (κ2) is 7.20. The zero-order valence-corrected chi connectivity index (χ0v) is 16.4. The highest BCUT2D eigenvalue weighted by atomic mass is 35.5. The lowest BCUT2D eigenvalue weighted by molar-refractivity contribution is -0.137. The van der Waals surface area contributed by atoms with Crippen LogP contribution >= 0.6 is 11.6 Å². The number of benzene rings is 2. The standard InChI is InChI=1S/C21H20ClNO5/c1-10(2)23-11(3)17(20(25)26)19-13(5-4-6-15(19)23)18(21(27)28)12-7-8-14(22)16(24)9-12/h4-10,18,24H,1-3H3,(H,25,26)(H,27,28). The third kappa shape index (κ3) is 3.10. The molecule has 0 aliphatic heterocycles. The highest BCUT2D eigenvalue weighted by Gasteiger charge is 2.30. The highest BCUT2D eigenvalue weighted by molar-refractivity contribution is 6.32. The predicted octanol–water partition coefficient (Wildman–Crippen LogP) is 4.80. The van der Waals surface area contributed by atoms with Crippen molar-refractivity contribution in [3.63, 3.8) is 0 Å². The third-order valence-electron chi connectivity index (χ3n) is 4.90. The van der Waals surface area contributed by atoms with Crippen LogP contribution in [0.3, 0.4) is 0 Å². The number of nitrogens with zero attached hydrogens (tertiary/aromatic N) is 1. The van der Waals surface area contributed by atoms with Crippen LogP contribution in [0.5, 0.6) is 5.75 Å². The number of rotatable bonds is 5. The molecule has 0 radical (unpaired) electrons. The summed E-state index contributed by atoms with van der Waals surface area (Å²) < 4.78 is 1.89. The Morgan fingerprint density at radius 1 is 1.11 bits per heavy atom. The first-order chi connectivity index (χ1) is 13.1. The van der Waals surface area contributed by atoms with Gasteiger partial charge in [0.2, 0.25) is 0 Å². The molecule has 0 aliphatic carbocycles. The van der Waals surface area contributed by atoms with Crippen molar-refractivity contribution in [2.24, 2.45) is 0 Å². The van der Waals surface area contributed by atoms with Crippen molar-refractivity contribution in [3.8, 4) is 5.75 Å². The number of phenolic OH excluding ortho intramolecular Hbond substituents is 1. The Morgan fingerprint density at radius 3 is 2.32 bits per heavy atom. The van der Waals surface area contributed by atoms with Gasteiger partial charge in [-0.2, -0.15) is 0 Å². The monoisotopic (exact) mass is 401 g/mol. The van der Waals surface area contributed by atoms with Crippen molar-refractivity contribution in [2.75, 3.05) is 0 Å². The number of carbonyl (C=O) groups is 2. The van der Waals surface area contributed by atoms with Crippen LogP contribution in [-0.4, -0.2) is 31.8 Å². The molecular weight excluding hydrogens is 382 g/mol. The van der Waals surface area contributed by atoms with Crippen LogP contribution in [0.4, 0.5) is 0 Å². The summed E-state index contributed by atoms with van der Waals surface area (Å²) >= 11 is 5.85. The van der Waals surface area contributed by atoms with Crippen molar-refractivity contribution >= 4 is 34.4 Å². The van der Waals surface area contributed by atoms with Gasteiger partial charge in [0.05, 0.1) is 10.6 Å². The normalized spacial score (nSPS) is 12.5. The number of carboxylic acid groups (broad SMARTS) is 2. The minimum absolute atomic E-state index is 0.00583. The molecule has 1 unspecified atom stereocenters. The molecule has 0 bridgehead atoms. The molecule has 0 saturated carbocycles. The molecule has 28 heavy (non-hydrogen) atoms. The Morgan fingerprint density at radius 2 is 1.79 bits per heavy atom. The Hall–Kier alpha value is -2.99. The van der Waals surface area contributed by atoms with E-state index in [-0.39, 0.29) is 22.4 Å². The third-order valence-corrected chi connectivity index (χ3v) is 5.22. The molecule has 146 valence electrons. The van der Waals surface area contributed by atoms with Gasteiger partial charge in [-0.15, -0.1) is 0 Å². The van der Waals surface area contributed by atoms with E-state index in [1.807, 2.05) is 18.4 Å². The number of aromatic hydroxyl groups is 1. The molecular formula is C21H20ClNO5. The molecule has 3 aromatic rings. The maximum absolute atomic E-state index is 12.2. The lowest BCUT2D eigenvalue weighted by atomic mass is 9.88. The van der Waals surface area contributed by atoms with E-state index in [1.165, 1.54) is 18.2 Å². The van der Waals surface area contributed by atoms with E-state index < -0.39 is 17.9 Å². The van der Waals surface area contributed by atoms with E-state index in [4.69, 9.17) is 11.6 Å². The number of hydrogen-bond donors (Lipinski definition) is 3. The summed E-state index contributed by atoms with van der Waals surface area (Å²) in [6.07, 6.45) is 0. The van der Waals surface area contributed by atoms with E-state index in [0.29, 0.717) is 27.7 Å². The largest absolute Gasteiger partial charge is 0.506 e. The first-order valence-electron chi connectivity index (χ1n) is 8.73. The van der Waals surface area contributed by atoms with Crippen LogP contribution in [0.1, 0.15) is 53.0 Å². The summed E-state index contributed by atoms with van der Waals surface area (Å²) in [6.45, 7) is 5.60. The van der Waals surface area contributed by atoms with E-state index in [2.05, 4.69) is 0 Å². The molecule has 3 N–H and O–H groups in total. The van der Waals surface area contributed by atoms with Crippen molar-refractivity contribution < 1.29 is 24.9 Å². The lowest BCUT2D eigenvalue weighted by Gasteiger charge is -2.17. The van der Waals surface area contributed by atoms with E-state index in [9.17, 15) is 24.9 Å². The quantitative estimate of drug-likeness (QED) is 0.570. The number of halogens is 1. The molecule has 6 nitrogen and oxygen atoms in total. The van der Waals surface area contributed by atoms with Gasteiger partial charge in [0, 0.05) is 22.6 Å². The first-order valence-corrected chi connectivity index (χ1v) is 9.10. The van der Waals surface area contributed by atoms with Crippen LogP contribution in [-0.2, 0) is 4.79 Å². The topological polar surface area (TPSA) is 99.8 Å². The molecule has 0 saturated heterocycles. The fourth-order valence-corrected chi connectivity index (χ4v) is 3.96. The second-order valence-electron chi connectivity index (χ2n) is 6.95. The van der Waals surface area contributed by atoms with Gasteiger partial charge in [-0.05, 0) is 50.1 Å². The molecule has 7 heteroatoms. The number of phenols is 1. The van der Waals surface area contributed by atoms with E-state index in [1.54, 1.807) is 25.1 Å². The molecule has 0 spiro atoms. The zero-order valence-electron chi connectivity index (χ0n) is 15.6. The van der Waals surface area contributed by atoms with Gasteiger partial charge < -0.3 is 19.9 Å². The maximum Gasteiger partial charge on any atom is 0.338 e. The van der Waals surface area contributed by atoms with Crippen molar-refractivity contribution in [1.82, 2.24) is 4.57 Å². The summed E-state index contributed by atoms with van der Waals surface area (Å²) in [7, 11) is 0. The van der Waals surface area contributed by atoms with Crippen LogP contribution < -0.4 is 0 Å². The number of aliphatic carboxylic acids is 1. The Labute approximate surface area is 166 Å². The van der Waals surface area contributed by atoms with E-state index in [0.717, 1.165) is 0 Å². The summed E-state index contributed by atoms with van der Waals surface area (Å²) in [4.78, 5) is 24.2. The average molecular weight is 402 g/mol. The molecule has 3 rings (SSSR count). The smallest absolute Gasteiger partial charge is 0.338 e. The molecule has 0 amide bonds. The number of fused-ring (bicyclic) bond motifs is 1. The summed E-state index contributed by atoms with van der Waals surface area (Å²) in [6, 6.07) is 9.35. The molecule has 2 aromatic carbocycles. The van der Waals surface area contributed by atoms with Crippen LogP contribution in [0.15, 0.2) is 36.4 Å². The van der Waals surface area contributed by atoms with Crippen molar-refractivity contribution in [1.29, 1.82) is 0 Å². The summed E-state index contributed by atoms with van der Waals surface area (Å²) in [5.74, 6) is -3.66. The Bertz CT molecular complexity index is 1100. The fraction of sp³-hybridized carbons (Fsp3) is 0.238. The van der Waals surface area contributed by atoms with Crippen LogP contribution in [0, 0.1) is 6.92 Å². The fourth-order valence-electron chi connectivity index (χ4n) is 3.84. The number of aromatic nitrogens is 1. The number of hydrogen-bond acceptors (Lipinski definition) is 3. The highest BCUT2D eigenvalue weighted by Crippen LogP contribution is 2.38. The van der Waals surface area contributed by atoms with Crippen molar-refractivity contribution in [2.45, 2.75) is 32.7 Å². The molecule has 1 aromatic heterocycles. The van der Waals surface area contributed by atoms with Crippen molar-refractivity contribution in [3.05, 3.63) is 63.8 Å². The number of carboxylic acids is 2. The van der Waals surface area contributed by atoms with Gasteiger partial charge in [-0.1, -0.05) is 29.8 Å². The van der Waals surface area contributed by atoms with Gasteiger partial charge >= 0.3 is 11.9 Å². The van der Waals surface area contributed by atoms with Gasteiger partial charge in [-0.3, -0.25) is 4.79 Å². The van der Waals surface area contributed by atoms with Gasteiger partial charge in [0.25, 0.3) is 0 Å². The average Bonchev–Trinajstić information content (AvgIpc) is 2.90. The van der Waals surface area contributed by atoms with Crippen LogP contribution in [0.2, 0.25) is 5.02 Å². The lowest BCUT2D eigenvalue weighted by Crippen LogP contribution is -2.14. The molecule has 0 fully saturated rings. The van der Waals surface area contributed by atoms with Gasteiger partial charge in [0.15, 0.2) is 0 Å². The Kier molecular flexibility index (Phi) is 5.08. The minimum atomic E-state index is -1.16. The predicted molar refractivity (Wildman–Crippen MR) is 107 cm³/mol. The molecule has 1 atom stereocenters. The number of aromatic carboxylic acids is 1.